The van der Waals surface area contributed by atoms with Crippen molar-refractivity contribution in [1.29, 1.82) is 0 Å². The van der Waals surface area contributed by atoms with Crippen molar-refractivity contribution < 1.29 is 4.79 Å². The van der Waals surface area contributed by atoms with E-state index in [0.717, 1.165) is 24.4 Å². The molecule has 1 saturated carbocycles. The number of nitrogen functional groups attached to an aromatic ring is 1. The number of aromatic nitrogens is 3. The van der Waals surface area contributed by atoms with Crippen molar-refractivity contribution in [3.8, 4) is 0 Å². The minimum atomic E-state index is 0.0238. The third-order valence-corrected chi connectivity index (χ3v) is 4.86. The highest BCUT2D eigenvalue weighted by Gasteiger charge is 2.40. The topological polar surface area (TPSA) is 88.2 Å². The SMILES string of the molecule is C=CC(=O)N1CCN(c2ccc3ncnc(N)c3n2)C[C@@H]1C1CC1. The van der Waals surface area contributed by atoms with E-state index < -0.39 is 0 Å². The zero-order chi connectivity index (χ0) is 16.7. The van der Waals surface area contributed by atoms with Crippen LogP contribution in [0.2, 0.25) is 0 Å². The molecule has 2 fully saturated rings. The summed E-state index contributed by atoms with van der Waals surface area (Å²) in [6, 6.07) is 4.11. The fourth-order valence-electron chi connectivity index (χ4n) is 3.42. The first-order valence-corrected chi connectivity index (χ1v) is 8.22. The number of nitrogens with two attached hydrogens (primary N) is 1. The van der Waals surface area contributed by atoms with Crippen LogP contribution in [0.5, 0.6) is 0 Å². The lowest BCUT2D eigenvalue weighted by molar-refractivity contribution is -0.129. The van der Waals surface area contributed by atoms with E-state index in [9.17, 15) is 4.79 Å². The van der Waals surface area contributed by atoms with Gasteiger partial charge < -0.3 is 15.5 Å². The van der Waals surface area contributed by atoms with Crippen LogP contribution in [-0.4, -0.2) is 51.4 Å². The number of hydrogen-bond acceptors (Lipinski definition) is 6. The summed E-state index contributed by atoms with van der Waals surface area (Å²) in [6.07, 6.45) is 5.23. The third kappa shape index (κ3) is 2.55. The van der Waals surface area contributed by atoms with Gasteiger partial charge >= 0.3 is 0 Å². The van der Waals surface area contributed by atoms with Gasteiger partial charge in [0.05, 0.1) is 11.6 Å². The van der Waals surface area contributed by atoms with E-state index in [1.165, 1.54) is 25.2 Å². The molecule has 0 bridgehead atoms. The van der Waals surface area contributed by atoms with Crippen LogP contribution in [0.4, 0.5) is 11.6 Å². The van der Waals surface area contributed by atoms with Gasteiger partial charge in [-0.15, -0.1) is 0 Å². The first-order chi connectivity index (χ1) is 11.7. The standard InChI is InChI=1S/C17H20N6O/c1-2-15(24)23-8-7-22(9-13(23)11-3-4-11)14-6-5-12-16(21-14)17(18)20-10-19-12/h2,5-6,10-11,13H,1,3-4,7-9H2,(H2,18,19,20)/t13-/m1/s1. The van der Waals surface area contributed by atoms with Crippen molar-refractivity contribution in [2.24, 2.45) is 5.92 Å². The van der Waals surface area contributed by atoms with Gasteiger partial charge in [-0.25, -0.2) is 15.0 Å². The Balaban J connectivity index is 1.62. The van der Waals surface area contributed by atoms with Crippen molar-refractivity contribution in [1.82, 2.24) is 19.9 Å². The molecule has 0 radical (unpaired) electrons. The summed E-state index contributed by atoms with van der Waals surface area (Å²) in [5, 5.41) is 0. The van der Waals surface area contributed by atoms with E-state index in [2.05, 4.69) is 26.4 Å². The molecular formula is C17H20N6O. The van der Waals surface area contributed by atoms with Gasteiger partial charge in [0, 0.05) is 19.6 Å². The van der Waals surface area contributed by atoms with E-state index in [1.807, 2.05) is 17.0 Å². The first kappa shape index (κ1) is 14.9. The molecule has 7 heteroatoms. The van der Waals surface area contributed by atoms with Gasteiger partial charge in [0.15, 0.2) is 5.82 Å². The number of nitrogens with zero attached hydrogens (tertiary/aromatic N) is 5. The molecule has 2 N–H and O–H groups in total. The van der Waals surface area contributed by atoms with Crippen LogP contribution >= 0.6 is 0 Å². The highest BCUT2D eigenvalue weighted by atomic mass is 16.2. The van der Waals surface area contributed by atoms with E-state index in [1.54, 1.807) is 0 Å². The molecule has 1 atom stereocenters. The van der Waals surface area contributed by atoms with E-state index >= 15 is 0 Å². The van der Waals surface area contributed by atoms with Gasteiger partial charge in [0.25, 0.3) is 0 Å². The van der Waals surface area contributed by atoms with Crippen molar-refractivity contribution >= 4 is 28.6 Å². The molecule has 7 nitrogen and oxygen atoms in total. The van der Waals surface area contributed by atoms with Gasteiger partial charge in [-0.05, 0) is 37.0 Å². The average molecular weight is 324 g/mol. The highest BCUT2D eigenvalue weighted by molar-refractivity contribution is 5.88. The van der Waals surface area contributed by atoms with Crippen LogP contribution in [-0.2, 0) is 4.79 Å². The van der Waals surface area contributed by atoms with Crippen molar-refractivity contribution in [2.45, 2.75) is 18.9 Å². The molecule has 1 amide bonds. The minimum absolute atomic E-state index is 0.0238. The first-order valence-electron chi connectivity index (χ1n) is 8.22. The normalized spacial score (nSPS) is 21.1. The van der Waals surface area contributed by atoms with E-state index in [0.29, 0.717) is 23.8 Å². The van der Waals surface area contributed by atoms with Crippen molar-refractivity contribution in [2.75, 3.05) is 30.3 Å². The number of amides is 1. The minimum Gasteiger partial charge on any atom is -0.382 e. The molecule has 2 aromatic heterocycles. The number of rotatable bonds is 3. The molecular weight excluding hydrogens is 304 g/mol. The molecule has 1 aliphatic carbocycles. The highest BCUT2D eigenvalue weighted by Crippen LogP contribution is 2.37. The fraction of sp³-hybridized carbons (Fsp3) is 0.412. The lowest BCUT2D eigenvalue weighted by Crippen LogP contribution is -2.56. The summed E-state index contributed by atoms with van der Waals surface area (Å²) >= 11 is 0. The maximum absolute atomic E-state index is 12.1. The van der Waals surface area contributed by atoms with Crippen LogP contribution in [0.3, 0.4) is 0 Å². The molecule has 0 aromatic carbocycles. The Morgan fingerprint density at radius 3 is 2.88 bits per heavy atom. The van der Waals surface area contributed by atoms with Crippen molar-refractivity contribution in [3.63, 3.8) is 0 Å². The van der Waals surface area contributed by atoms with E-state index in [4.69, 9.17) is 5.73 Å². The summed E-state index contributed by atoms with van der Waals surface area (Å²) in [5.74, 6) is 1.86. The maximum atomic E-state index is 12.1. The van der Waals surface area contributed by atoms with Gasteiger partial charge in [0.1, 0.15) is 17.7 Å². The Kier molecular flexibility index (Phi) is 3.55. The Hall–Kier alpha value is -2.70. The lowest BCUT2D eigenvalue weighted by atomic mass is 10.1. The number of pyridine rings is 1. The van der Waals surface area contributed by atoms with Crippen LogP contribution in [0.15, 0.2) is 31.1 Å². The number of carbonyl (C=O) groups is 1. The molecule has 1 aliphatic heterocycles. The van der Waals surface area contributed by atoms with Gasteiger partial charge in [0.2, 0.25) is 5.91 Å². The van der Waals surface area contributed by atoms with Gasteiger partial charge in [-0.1, -0.05) is 6.58 Å². The Morgan fingerprint density at radius 2 is 2.12 bits per heavy atom. The molecule has 2 aromatic rings. The average Bonchev–Trinajstić information content (AvgIpc) is 3.46. The smallest absolute Gasteiger partial charge is 0.246 e. The summed E-state index contributed by atoms with van der Waals surface area (Å²) in [6.45, 7) is 5.85. The lowest BCUT2D eigenvalue weighted by Gasteiger charge is -2.42. The molecule has 124 valence electrons. The predicted octanol–water partition coefficient (Wildman–Crippen LogP) is 1.22. The van der Waals surface area contributed by atoms with Crippen LogP contribution in [0.25, 0.3) is 11.0 Å². The molecule has 3 heterocycles. The summed E-state index contributed by atoms with van der Waals surface area (Å²) < 4.78 is 0. The quantitative estimate of drug-likeness (QED) is 0.854. The van der Waals surface area contributed by atoms with Crippen LogP contribution < -0.4 is 10.6 Å². The molecule has 24 heavy (non-hydrogen) atoms. The second kappa shape index (κ2) is 5.74. The molecule has 0 spiro atoms. The van der Waals surface area contributed by atoms with Crippen molar-refractivity contribution in [3.05, 3.63) is 31.1 Å². The Morgan fingerprint density at radius 1 is 1.29 bits per heavy atom. The summed E-state index contributed by atoms with van der Waals surface area (Å²) in [4.78, 5) is 29.2. The fourth-order valence-corrected chi connectivity index (χ4v) is 3.42. The second-order valence-corrected chi connectivity index (χ2v) is 6.38. The third-order valence-electron chi connectivity index (χ3n) is 4.86. The second-order valence-electron chi connectivity index (χ2n) is 6.38. The molecule has 1 saturated heterocycles. The number of piperazine rings is 1. The zero-order valence-corrected chi connectivity index (χ0v) is 13.4. The van der Waals surface area contributed by atoms with Gasteiger partial charge in [-0.2, -0.15) is 0 Å². The predicted molar refractivity (Wildman–Crippen MR) is 92.4 cm³/mol. The largest absolute Gasteiger partial charge is 0.382 e. The number of carbonyl (C=O) groups excluding carboxylic acids is 1. The summed E-state index contributed by atoms with van der Waals surface area (Å²) in [5.41, 5.74) is 7.29. The van der Waals surface area contributed by atoms with Crippen LogP contribution in [0, 0.1) is 5.92 Å². The molecule has 0 unspecified atom stereocenters. The Bertz CT molecular complexity index is 803. The van der Waals surface area contributed by atoms with Crippen LogP contribution in [0.1, 0.15) is 12.8 Å². The maximum Gasteiger partial charge on any atom is 0.246 e. The zero-order valence-electron chi connectivity index (χ0n) is 13.4. The number of fused-ring (bicyclic) bond motifs is 1. The van der Waals surface area contributed by atoms with Gasteiger partial charge in [-0.3, -0.25) is 4.79 Å². The molecule has 4 rings (SSSR count). The van der Waals surface area contributed by atoms with E-state index in [-0.39, 0.29) is 11.9 Å². The Labute approximate surface area is 140 Å². The number of hydrogen-bond donors (Lipinski definition) is 1. The summed E-state index contributed by atoms with van der Waals surface area (Å²) in [7, 11) is 0. The number of anilines is 2. The monoisotopic (exact) mass is 324 g/mol. The molecule has 2 aliphatic rings.